The molecule has 92 valence electrons. The van der Waals surface area contributed by atoms with E-state index < -0.39 is 0 Å². The van der Waals surface area contributed by atoms with Crippen LogP contribution >= 0.6 is 0 Å². The minimum absolute atomic E-state index is 0.105. The van der Waals surface area contributed by atoms with Gasteiger partial charge in [0, 0.05) is 24.7 Å². The van der Waals surface area contributed by atoms with Crippen molar-refractivity contribution in [3.05, 3.63) is 29.3 Å². The molecule has 1 atom stereocenters. The minimum Gasteiger partial charge on any atom is -0.324 e. The van der Waals surface area contributed by atoms with Crippen LogP contribution in [0.4, 0.5) is 5.69 Å². The fourth-order valence-electron chi connectivity index (χ4n) is 2.39. The molecule has 1 amide bonds. The predicted octanol–water partition coefficient (Wildman–Crippen LogP) is 2.40. The first-order valence-electron chi connectivity index (χ1n) is 6.36. The molecule has 0 bridgehead atoms. The maximum absolute atomic E-state index is 11.8. The third-order valence-electron chi connectivity index (χ3n) is 3.49. The summed E-state index contributed by atoms with van der Waals surface area (Å²) in [7, 11) is 0. The average molecular weight is 232 g/mol. The smallest absolute Gasteiger partial charge is 0.227 e. The van der Waals surface area contributed by atoms with E-state index in [2.05, 4.69) is 13.0 Å². The van der Waals surface area contributed by atoms with Gasteiger partial charge in [-0.3, -0.25) is 4.79 Å². The largest absolute Gasteiger partial charge is 0.324 e. The molecular weight excluding hydrogens is 212 g/mol. The molecule has 1 aliphatic heterocycles. The summed E-state index contributed by atoms with van der Waals surface area (Å²) < 4.78 is 0. The maximum Gasteiger partial charge on any atom is 0.227 e. The van der Waals surface area contributed by atoms with E-state index in [4.69, 9.17) is 5.73 Å². The van der Waals surface area contributed by atoms with Crippen LogP contribution in [0.2, 0.25) is 0 Å². The van der Waals surface area contributed by atoms with Crippen LogP contribution in [0.5, 0.6) is 0 Å². The summed E-state index contributed by atoms with van der Waals surface area (Å²) >= 11 is 0. The van der Waals surface area contributed by atoms with Gasteiger partial charge in [0.1, 0.15) is 0 Å². The van der Waals surface area contributed by atoms with Crippen LogP contribution in [0.15, 0.2) is 18.2 Å². The van der Waals surface area contributed by atoms with Crippen LogP contribution < -0.4 is 10.6 Å². The zero-order chi connectivity index (χ0) is 12.4. The summed E-state index contributed by atoms with van der Waals surface area (Å²) in [5, 5.41) is 0. The van der Waals surface area contributed by atoms with Gasteiger partial charge in [-0.1, -0.05) is 19.1 Å². The number of benzene rings is 1. The number of nitrogens with zero attached hydrogens (tertiary/aromatic N) is 1. The highest BCUT2D eigenvalue weighted by molar-refractivity contribution is 5.96. The molecule has 17 heavy (non-hydrogen) atoms. The van der Waals surface area contributed by atoms with E-state index in [-0.39, 0.29) is 11.9 Å². The fraction of sp³-hybridized carbons (Fsp3) is 0.500. The second-order valence-corrected chi connectivity index (χ2v) is 4.54. The highest BCUT2D eigenvalue weighted by atomic mass is 16.2. The molecule has 0 radical (unpaired) electrons. The van der Waals surface area contributed by atoms with Gasteiger partial charge in [-0.05, 0) is 37.0 Å². The summed E-state index contributed by atoms with van der Waals surface area (Å²) in [6.07, 6.45) is 2.40. The van der Waals surface area contributed by atoms with Gasteiger partial charge in [-0.25, -0.2) is 0 Å². The third kappa shape index (κ3) is 2.20. The molecule has 1 aromatic carbocycles. The Kier molecular flexibility index (Phi) is 3.48. The van der Waals surface area contributed by atoms with Gasteiger partial charge < -0.3 is 10.6 Å². The van der Waals surface area contributed by atoms with E-state index in [0.29, 0.717) is 6.42 Å². The molecule has 0 spiro atoms. The molecule has 0 saturated carbocycles. The van der Waals surface area contributed by atoms with Gasteiger partial charge in [-0.15, -0.1) is 0 Å². The molecule has 0 aromatic heterocycles. The van der Waals surface area contributed by atoms with Crippen molar-refractivity contribution in [1.29, 1.82) is 0 Å². The van der Waals surface area contributed by atoms with Crippen molar-refractivity contribution in [2.24, 2.45) is 5.73 Å². The molecule has 3 nitrogen and oxygen atoms in total. The molecule has 0 aliphatic carbocycles. The van der Waals surface area contributed by atoms with Crippen molar-refractivity contribution in [3.8, 4) is 0 Å². The van der Waals surface area contributed by atoms with Crippen molar-refractivity contribution in [2.75, 3.05) is 11.4 Å². The number of anilines is 1. The standard InChI is InChI=1S/C14H20N2O/c1-3-12(15)10-5-7-13-11(9-10)6-8-14(17)16(13)4-2/h5,7,9,12H,3-4,6,8,15H2,1-2H3. The first-order valence-corrected chi connectivity index (χ1v) is 6.36. The number of amides is 1. The molecular formula is C14H20N2O. The Morgan fingerprint density at radius 2 is 2.12 bits per heavy atom. The van der Waals surface area contributed by atoms with Gasteiger partial charge in [0.2, 0.25) is 5.91 Å². The summed E-state index contributed by atoms with van der Waals surface area (Å²) in [6.45, 7) is 4.84. The molecule has 0 saturated heterocycles. The first kappa shape index (κ1) is 12.1. The molecule has 1 aliphatic rings. The Morgan fingerprint density at radius 1 is 1.35 bits per heavy atom. The van der Waals surface area contributed by atoms with Gasteiger partial charge in [0.15, 0.2) is 0 Å². The highest BCUT2D eigenvalue weighted by Gasteiger charge is 2.23. The van der Waals surface area contributed by atoms with Crippen molar-refractivity contribution in [3.63, 3.8) is 0 Å². The third-order valence-corrected chi connectivity index (χ3v) is 3.49. The van der Waals surface area contributed by atoms with Crippen LogP contribution in [-0.2, 0) is 11.2 Å². The van der Waals surface area contributed by atoms with Crippen LogP contribution in [0, 0.1) is 0 Å². The van der Waals surface area contributed by atoms with Crippen LogP contribution in [-0.4, -0.2) is 12.5 Å². The lowest BCUT2D eigenvalue weighted by Gasteiger charge is -2.29. The molecule has 1 aromatic rings. The van der Waals surface area contributed by atoms with Crippen LogP contribution in [0.1, 0.15) is 43.9 Å². The fourth-order valence-corrected chi connectivity index (χ4v) is 2.39. The van der Waals surface area contributed by atoms with E-state index in [0.717, 1.165) is 25.1 Å². The zero-order valence-electron chi connectivity index (χ0n) is 10.6. The monoisotopic (exact) mass is 232 g/mol. The van der Waals surface area contributed by atoms with E-state index in [9.17, 15) is 4.79 Å². The van der Waals surface area contributed by atoms with E-state index in [1.807, 2.05) is 24.0 Å². The molecule has 0 fully saturated rings. The molecule has 1 unspecified atom stereocenters. The van der Waals surface area contributed by atoms with Crippen molar-refractivity contribution >= 4 is 11.6 Å². The number of rotatable bonds is 3. The van der Waals surface area contributed by atoms with Gasteiger partial charge in [0.05, 0.1) is 0 Å². The highest BCUT2D eigenvalue weighted by Crippen LogP contribution is 2.30. The summed E-state index contributed by atoms with van der Waals surface area (Å²) in [5.74, 6) is 0.229. The predicted molar refractivity (Wildman–Crippen MR) is 70.0 cm³/mol. The van der Waals surface area contributed by atoms with E-state index in [1.165, 1.54) is 11.1 Å². The average Bonchev–Trinajstić information content (AvgIpc) is 2.37. The number of carbonyl (C=O) groups excluding carboxylic acids is 1. The van der Waals surface area contributed by atoms with Crippen LogP contribution in [0.3, 0.4) is 0 Å². The molecule has 2 N–H and O–H groups in total. The zero-order valence-corrected chi connectivity index (χ0v) is 10.6. The number of hydrogen-bond acceptors (Lipinski definition) is 2. The topological polar surface area (TPSA) is 46.3 Å². The van der Waals surface area contributed by atoms with E-state index >= 15 is 0 Å². The maximum atomic E-state index is 11.8. The number of fused-ring (bicyclic) bond motifs is 1. The lowest BCUT2D eigenvalue weighted by atomic mass is 9.95. The summed E-state index contributed by atoms with van der Waals surface area (Å²) in [4.78, 5) is 13.6. The number of nitrogens with two attached hydrogens (primary N) is 1. The lowest BCUT2D eigenvalue weighted by molar-refractivity contribution is -0.118. The Labute approximate surface area is 103 Å². The number of aryl methyl sites for hydroxylation is 1. The minimum atomic E-state index is 0.105. The normalized spacial score (nSPS) is 16.9. The number of carbonyl (C=O) groups is 1. The summed E-state index contributed by atoms with van der Waals surface area (Å²) in [6, 6.07) is 6.36. The van der Waals surface area contributed by atoms with Crippen molar-refractivity contribution in [2.45, 2.75) is 39.2 Å². The Hall–Kier alpha value is -1.35. The molecule has 1 heterocycles. The Bertz CT molecular complexity index is 428. The van der Waals surface area contributed by atoms with Gasteiger partial charge in [0.25, 0.3) is 0 Å². The number of hydrogen-bond donors (Lipinski definition) is 1. The van der Waals surface area contributed by atoms with Gasteiger partial charge >= 0.3 is 0 Å². The summed E-state index contributed by atoms with van der Waals surface area (Å²) in [5.41, 5.74) is 9.54. The second kappa shape index (κ2) is 4.88. The van der Waals surface area contributed by atoms with Crippen LogP contribution in [0.25, 0.3) is 0 Å². The van der Waals surface area contributed by atoms with Crippen molar-refractivity contribution < 1.29 is 4.79 Å². The molecule has 3 heteroatoms. The lowest BCUT2D eigenvalue weighted by Crippen LogP contribution is -2.34. The first-order chi connectivity index (χ1) is 8.17. The van der Waals surface area contributed by atoms with E-state index in [1.54, 1.807) is 0 Å². The Morgan fingerprint density at radius 3 is 2.76 bits per heavy atom. The Balaban J connectivity index is 2.37. The molecule has 2 rings (SSSR count). The van der Waals surface area contributed by atoms with Crippen molar-refractivity contribution in [1.82, 2.24) is 0 Å². The van der Waals surface area contributed by atoms with Gasteiger partial charge in [-0.2, -0.15) is 0 Å². The quantitative estimate of drug-likeness (QED) is 0.869. The SMILES string of the molecule is CCC(N)c1ccc2c(c1)CCC(=O)N2CC. The second-order valence-electron chi connectivity index (χ2n) is 4.54.